The molecule has 3 heterocycles. The third-order valence-electron chi connectivity index (χ3n) is 3.49. The molecule has 1 saturated heterocycles. The molecule has 3 amide bonds. The van der Waals surface area contributed by atoms with Gasteiger partial charge in [-0.2, -0.15) is 0 Å². The highest BCUT2D eigenvalue weighted by atomic mass is 32.2. The number of hydrogen-bond donors (Lipinski definition) is 2. The Morgan fingerprint density at radius 1 is 1.26 bits per heavy atom. The summed E-state index contributed by atoms with van der Waals surface area (Å²) in [4.78, 5) is 43.0. The van der Waals surface area contributed by atoms with Crippen molar-refractivity contribution in [2.24, 2.45) is 0 Å². The zero-order valence-electron chi connectivity index (χ0n) is 13.9. The van der Waals surface area contributed by atoms with E-state index in [0.717, 1.165) is 4.88 Å². The number of carbonyl (C=O) groups is 3. The van der Waals surface area contributed by atoms with Crippen molar-refractivity contribution in [3.05, 3.63) is 57.4 Å². The van der Waals surface area contributed by atoms with E-state index in [1.54, 1.807) is 24.4 Å². The van der Waals surface area contributed by atoms with Crippen LogP contribution in [0.1, 0.15) is 21.7 Å². The Morgan fingerprint density at radius 2 is 2.11 bits per heavy atom. The summed E-state index contributed by atoms with van der Waals surface area (Å²) >= 11 is 7.98. The fraction of sp³-hybridized carbons (Fsp3) is 0.118. The van der Waals surface area contributed by atoms with Crippen molar-refractivity contribution in [1.82, 2.24) is 20.7 Å². The maximum absolute atomic E-state index is 12.5. The molecule has 0 atom stereocenters. The summed E-state index contributed by atoms with van der Waals surface area (Å²) in [6.45, 7) is 0.140. The van der Waals surface area contributed by atoms with Gasteiger partial charge in [0.25, 0.3) is 11.8 Å². The Morgan fingerprint density at radius 3 is 2.81 bits per heavy atom. The fourth-order valence-electron chi connectivity index (χ4n) is 2.17. The van der Waals surface area contributed by atoms with Crippen LogP contribution in [0.5, 0.6) is 0 Å². The van der Waals surface area contributed by atoms with E-state index in [1.165, 1.54) is 34.2 Å². The van der Waals surface area contributed by atoms with Crippen LogP contribution in [0.2, 0.25) is 0 Å². The number of pyridine rings is 1. The quantitative estimate of drug-likeness (QED) is 0.439. The number of hydrogen-bond acceptors (Lipinski definition) is 7. The van der Waals surface area contributed by atoms with Gasteiger partial charge >= 0.3 is 0 Å². The van der Waals surface area contributed by atoms with Crippen LogP contribution in [0.25, 0.3) is 6.08 Å². The predicted octanol–water partition coefficient (Wildman–Crippen LogP) is 2.20. The van der Waals surface area contributed by atoms with E-state index in [0.29, 0.717) is 14.8 Å². The van der Waals surface area contributed by atoms with Gasteiger partial charge in [-0.1, -0.05) is 30.0 Å². The van der Waals surface area contributed by atoms with E-state index in [-0.39, 0.29) is 18.9 Å². The van der Waals surface area contributed by atoms with Crippen molar-refractivity contribution in [3.63, 3.8) is 0 Å². The summed E-state index contributed by atoms with van der Waals surface area (Å²) in [5.41, 5.74) is 4.95. The number of hydrazine groups is 1. The highest BCUT2D eigenvalue weighted by Crippen LogP contribution is 2.33. The molecule has 3 rings (SSSR count). The van der Waals surface area contributed by atoms with E-state index >= 15 is 0 Å². The Hall–Kier alpha value is -2.56. The van der Waals surface area contributed by atoms with Gasteiger partial charge in [-0.05, 0) is 29.7 Å². The Labute approximate surface area is 168 Å². The number of carbonyl (C=O) groups excluding carboxylic acids is 3. The van der Waals surface area contributed by atoms with E-state index < -0.39 is 11.8 Å². The SMILES string of the molecule is O=C(CCN1C(=O)/C(=C\c2cccs2)SC1=S)NNC(=O)c1cccnc1. The lowest BCUT2D eigenvalue weighted by atomic mass is 10.3. The first-order valence-corrected chi connectivity index (χ1v) is 9.93. The molecule has 2 aromatic heterocycles. The van der Waals surface area contributed by atoms with Gasteiger partial charge in [0.1, 0.15) is 4.32 Å². The third kappa shape index (κ3) is 5.00. The predicted molar refractivity (Wildman–Crippen MR) is 109 cm³/mol. The summed E-state index contributed by atoms with van der Waals surface area (Å²) < 4.78 is 0.412. The van der Waals surface area contributed by atoms with Crippen LogP contribution in [-0.2, 0) is 9.59 Å². The second-order valence-corrected chi connectivity index (χ2v) is 8.00. The van der Waals surface area contributed by atoms with Gasteiger partial charge in [0.05, 0.1) is 10.5 Å². The first-order valence-electron chi connectivity index (χ1n) is 7.82. The molecule has 10 heteroatoms. The number of amides is 3. The second kappa shape index (κ2) is 8.89. The minimum atomic E-state index is -0.471. The number of thiocarbonyl (C=S) groups is 1. The van der Waals surface area contributed by atoms with E-state index in [4.69, 9.17) is 12.2 Å². The van der Waals surface area contributed by atoms with Gasteiger partial charge in [0.15, 0.2) is 0 Å². The molecule has 0 bridgehead atoms. The van der Waals surface area contributed by atoms with E-state index in [9.17, 15) is 14.4 Å². The lowest BCUT2D eigenvalue weighted by molar-refractivity contribution is -0.124. The van der Waals surface area contributed by atoms with Crippen molar-refractivity contribution >= 4 is 63.4 Å². The number of thiophene rings is 1. The zero-order valence-corrected chi connectivity index (χ0v) is 16.3. The third-order valence-corrected chi connectivity index (χ3v) is 5.69. The average molecular weight is 419 g/mol. The molecule has 138 valence electrons. The zero-order chi connectivity index (χ0) is 19.2. The van der Waals surface area contributed by atoms with Crippen LogP contribution in [0.3, 0.4) is 0 Å². The van der Waals surface area contributed by atoms with Gasteiger partial charge in [-0.3, -0.25) is 35.1 Å². The Kier molecular flexibility index (Phi) is 6.32. The minimum absolute atomic E-state index is 0.00599. The Balaban J connectivity index is 1.49. The molecule has 7 nitrogen and oxygen atoms in total. The molecule has 0 aromatic carbocycles. The number of nitrogens with one attached hydrogen (secondary N) is 2. The number of aromatic nitrogens is 1. The molecule has 27 heavy (non-hydrogen) atoms. The van der Waals surface area contributed by atoms with Crippen molar-refractivity contribution < 1.29 is 14.4 Å². The monoisotopic (exact) mass is 418 g/mol. The number of rotatable bonds is 5. The molecule has 0 unspecified atom stereocenters. The topological polar surface area (TPSA) is 91.4 Å². The maximum Gasteiger partial charge on any atom is 0.271 e. The molecule has 0 aliphatic carbocycles. The maximum atomic E-state index is 12.5. The van der Waals surface area contributed by atoms with Crippen LogP contribution in [-0.4, -0.2) is 38.5 Å². The van der Waals surface area contributed by atoms with E-state index in [2.05, 4.69) is 15.8 Å². The summed E-state index contributed by atoms with van der Waals surface area (Å²) in [7, 11) is 0. The normalized spacial score (nSPS) is 15.3. The lowest BCUT2D eigenvalue weighted by Crippen LogP contribution is -2.43. The van der Waals surface area contributed by atoms with Gasteiger partial charge < -0.3 is 0 Å². The molecule has 2 N–H and O–H groups in total. The van der Waals surface area contributed by atoms with Gasteiger partial charge in [0, 0.05) is 30.2 Å². The average Bonchev–Trinajstić information content (AvgIpc) is 3.28. The Bertz CT molecular complexity index is 897. The van der Waals surface area contributed by atoms with Crippen molar-refractivity contribution in [1.29, 1.82) is 0 Å². The first kappa shape index (κ1) is 19.2. The van der Waals surface area contributed by atoms with Crippen molar-refractivity contribution in [3.8, 4) is 0 Å². The molecular weight excluding hydrogens is 404 g/mol. The summed E-state index contributed by atoms with van der Waals surface area (Å²) in [6.07, 6.45) is 4.73. The molecule has 1 aliphatic rings. The van der Waals surface area contributed by atoms with Gasteiger partial charge in [-0.15, -0.1) is 11.3 Å². The summed E-state index contributed by atoms with van der Waals surface area (Å²) in [6, 6.07) is 7.01. The van der Waals surface area contributed by atoms with Crippen LogP contribution in [0.4, 0.5) is 0 Å². The molecular formula is C17H14N4O3S3. The minimum Gasteiger partial charge on any atom is -0.292 e. The highest BCUT2D eigenvalue weighted by molar-refractivity contribution is 8.26. The smallest absolute Gasteiger partial charge is 0.271 e. The summed E-state index contributed by atoms with van der Waals surface area (Å²) in [5, 5.41) is 1.93. The molecule has 1 aliphatic heterocycles. The molecule has 0 spiro atoms. The summed E-state index contributed by atoms with van der Waals surface area (Å²) in [5.74, 6) is -1.12. The molecule has 1 fully saturated rings. The highest BCUT2D eigenvalue weighted by Gasteiger charge is 2.32. The molecule has 0 radical (unpaired) electrons. The number of thioether (sulfide) groups is 1. The van der Waals surface area contributed by atoms with Crippen LogP contribution >= 0.6 is 35.3 Å². The standard InChI is InChI=1S/C17H14N4O3S3/c22-14(19-20-15(23)11-3-1-6-18-10-11)5-7-21-16(24)13(27-17(21)25)9-12-4-2-8-26-12/h1-4,6,8-10H,5,7H2,(H,19,22)(H,20,23)/b13-9+. The van der Waals surface area contributed by atoms with Gasteiger partial charge in [0.2, 0.25) is 5.91 Å². The van der Waals surface area contributed by atoms with Crippen LogP contribution in [0.15, 0.2) is 46.9 Å². The largest absolute Gasteiger partial charge is 0.292 e. The van der Waals surface area contributed by atoms with Crippen molar-refractivity contribution in [2.45, 2.75) is 6.42 Å². The van der Waals surface area contributed by atoms with Crippen molar-refractivity contribution in [2.75, 3.05) is 6.54 Å². The van der Waals surface area contributed by atoms with Crippen LogP contribution in [0, 0.1) is 0 Å². The number of nitrogens with zero attached hydrogens (tertiary/aromatic N) is 2. The molecule has 0 saturated carbocycles. The lowest BCUT2D eigenvalue weighted by Gasteiger charge is -2.14. The second-order valence-electron chi connectivity index (χ2n) is 5.34. The van der Waals surface area contributed by atoms with Crippen LogP contribution < -0.4 is 10.9 Å². The fourth-order valence-corrected chi connectivity index (χ4v) is 4.20. The molecule has 2 aromatic rings. The first-order chi connectivity index (χ1) is 13.0. The van der Waals surface area contributed by atoms with Gasteiger partial charge in [-0.25, -0.2) is 0 Å². The van der Waals surface area contributed by atoms with E-state index in [1.807, 2.05) is 17.5 Å².